The molecule has 6 heteroatoms. The number of rotatable bonds is 2. The Bertz CT molecular complexity index is 317. The van der Waals surface area contributed by atoms with Gasteiger partial charge in [-0.3, -0.25) is 0 Å². The predicted molar refractivity (Wildman–Crippen MR) is 39.5 cm³/mol. The third-order valence-electron chi connectivity index (χ3n) is 1.47. The molecule has 3 nitrogen and oxygen atoms in total. The number of anilines is 1. The van der Waals surface area contributed by atoms with E-state index in [1.165, 1.54) is 0 Å². The highest BCUT2D eigenvalue weighted by Gasteiger charge is 2.19. The normalized spacial score (nSPS) is 10.8. The van der Waals surface area contributed by atoms with Crippen LogP contribution in [0.15, 0.2) is 6.07 Å². The van der Waals surface area contributed by atoms with Crippen LogP contribution in [0.5, 0.6) is 0 Å². The Labute approximate surface area is 72.0 Å². The maximum absolute atomic E-state index is 12.8. The first kappa shape index (κ1) is 9.79. The van der Waals surface area contributed by atoms with E-state index in [1.807, 2.05) is 0 Å². The number of aliphatic hydroxyl groups is 1. The molecule has 1 aromatic heterocycles. The maximum atomic E-state index is 12.8. The highest BCUT2D eigenvalue weighted by Crippen LogP contribution is 2.25. The summed E-state index contributed by atoms with van der Waals surface area (Å²) >= 11 is 0. The Hall–Kier alpha value is -1.30. The van der Waals surface area contributed by atoms with Crippen molar-refractivity contribution in [1.29, 1.82) is 0 Å². The summed E-state index contributed by atoms with van der Waals surface area (Å²) in [6, 6.07) is 0.695. The summed E-state index contributed by atoms with van der Waals surface area (Å²) in [6.45, 7) is -0.762. The topological polar surface area (TPSA) is 59.1 Å². The maximum Gasteiger partial charge on any atom is 0.268 e. The molecule has 0 saturated heterocycles. The van der Waals surface area contributed by atoms with Gasteiger partial charge in [0.2, 0.25) is 0 Å². The second-order valence-corrected chi connectivity index (χ2v) is 2.35. The summed E-state index contributed by atoms with van der Waals surface area (Å²) in [7, 11) is 0. The minimum atomic E-state index is -3.00. The number of nitrogens with two attached hydrogens (primary N) is 1. The summed E-state index contributed by atoms with van der Waals surface area (Å²) in [5.41, 5.74) is 3.78. The van der Waals surface area contributed by atoms with Crippen molar-refractivity contribution in [2.24, 2.45) is 0 Å². The lowest BCUT2D eigenvalue weighted by atomic mass is 10.2. The van der Waals surface area contributed by atoms with Crippen molar-refractivity contribution >= 4 is 5.82 Å². The van der Waals surface area contributed by atoms with Gasteiger partial charge in [-0.25, -0.2) is 18.2 Å². The van der Waals surface area contributed by atoms with Crippen molar-refractivity contribution in [3.63, 3.8) is 0 Å². The van der Waals surface area contributed by atoms with E-state index in [-0.39, 0.29) is 5.82 Å². The van der Waals surface area contributed by atoms with Crippen LogP contribution in [0.25, 0.3) is 0 Å². The summed E-state index contributed by atoms with van der Waals surface area (Å²) < 4.78 is 37.2. The number of alkyl halides is 2. The molecule has 0 unspecified atom stereocenters. The van der Waals surface area contributed by atoms with Gasteiger partial charge in [-0.1, -0.05) is 0 Å². The summed E-state index contributed by atoms with van der Waals surface area (Å²) in [5.74, 6) is -1.38. The molecule has 0 fully saturated rings. The molecule has 3 N–H and O–H groups in total. The molecule has 0 amide bonds. The van der Waals surface area contributed by atoms with Gasteiger partial charge in [-0.15, -0.1) is 0 Å². The van der Waals surface area contributed by atoms with Gasteiger partial charge in [0, 0.05) is 6.07 Å². The van der Waals surface area contributed by atoms with Gasteiger partial charge >= 0.3 is 0 Å². The van der Waals surface area contributed by atoms with Crippen LogP contribution < -0.4 is 5.73 Å². The lowest BCUT2D eigenvalue weighted by molar-refractivity contribution is 0.141. The fourth-order valence-electron chi connectivity index (χ4n) is 0.944. The van der Waals surface area contributed by atoms with E-state index in [4.69, 9.17) is 10.8 Å². The average molecular weight is 192 g/mol. The van der Waals surface area contributed by atoms with Crippen molar-refractivity contribution in [3.05, 3.63) is 23.1 Å². The molecule has 13 heavy (non-hydrogen) atoms. The zero-order valence-electron chi connectivity index (χ0n) is 6.47. The van der Waals surface area contributed by atoms with E-state index in [1.54, 1.807) is 0 Å². The van der Waals surface area contributed by atoms with Gasteiger partial charge in [0.15, 0.2) is 0 Å². The van der Waals surface area contributed by atoms with Crippen molar-refractivity contribution in [1.82, 2.24) is 4.98 Å². The van der Waals surface area contributed by atoms with Gasteiger partial charge in [-0.2, -0.15) is 0 Å². The summed E-state index contributed by atoms with van der Waals surface area (Å²) in [4.78, 5) is 3.38. The highest BCUT2D eigenvalue weighted by molar-refractivity contribution is 5.36. The van der Waals surface area contributed by atoms with Gasteiger partial charge in [0.1, 0.15) is 11.6 Å². The fourth-order valence-corrected chi connectivity index (χ4v) is 0.944. The number of halogens is 3. The number of nitrogen functional groups attached to an aromatic ring is 1. The molecule has 1 heterocycles. The van der Waals surface area contributed by atoms with Crippen LogP contribution in [0, 0.1) is 5.82 Å². The molecule has 0 radical (unpaired) electrons. The van der Waals surface area contributed by atoms with Crippen molar-refractivity contribution in [2.75, 3.05) is 5.73 Å². The number of hydrogen-bond donors (Lipinski definition) is 2. The van der Waals surface area contributed by atoms with Crippen LogP contribution in [0.1, 0.15) is 17.7 Å². The molecule has 0 saturated carbocycles. The lowest BCUT2D eigenvalue weighted by Gasteiger charge is -2.07. The number of nitrogens with zero attached hydrogens (tertiary/aromatic N) is 1. The van der Waals surface area contributed by atoms with E-state index in [0.29, 0.717) is 6.07 Å². The molecule has 72 valence electrons. The first-order valence-corrected chi connectivity index (χ1v) is 3.40. The van der Waals surface area contributed by atoms with E-state index >= 15 is 0 Å². The number of pyridine rings is 1. The molecule has 1 aromatic rings. The molecule has 0 atom stereocenters. The van der Waals surface area contributed by atoms with Gasteiger partial charge in [-0.05, 0) is 0 Å². The quantitative estimate of drug-likeness (QED) is 0.740. The van der Waals surface area contributed by atoms with Crippen LogP contribution >= 0.6 is 0 Å². The Morgan fingerprint density at radius 1 is 1.54 bits per heavy atom. The first-order valence-electron chi connectivity index (χ1n) is 3.40. The average Bonchev–Trinajstić information content (AvgIpc) is 2.01. The van der Waals surface area contributed by atoms with Crippen LogP contribution in [0.4, 0.5) is 19.0 Å². The Morgan fingerprint density at radius 2 is 2.15 bits per heavy atom. The smallest absolute Gasteiger partial charge is 0.268 e. The van der Waals surface area contributed by atoms with Gasteiger partial charge in [0.05, 0.1) is 17.9 Å². The second kappa shape index (κ2) is 3.61. The Balaban J connectivity index is 3.30. The standard InChI is InChI=1S/C7H7F3N2O/c8-3-1-5(11)12-4(2-13)6(3)7(9)10/h1,7,13H,2H2,(H2,11,12). The number of aliphatic hydroxyl groups excluding tert-OH is 1. The Morgan fingerprint density at radius 3 is 2.62 bits per heavy atom. The monoisotopic (exact) mass is 192 g/mol. The minimum absolute atomic E-state index is 0.231. The SMILES string of the molecule is Nc1cc(F)c(C(F)F)c(CO)n1. The first-order chi connectivity index (χ1) is 6.06. The largest absolute Gasteiger partial charge is 0.390 e. The zero-order valence-corrected chi connectivity index (χ0v) is 6.47. The third-order valence-corrected chi connectivity index (χ3v) is 1.47. The summed E-state index contributed by atoms with van der Waals surface area (Å²) in [6.07, 6.45) is -3.00. The Kier molecular flexibility index (Phi) is 2.72. The molecule has 0 spiro atoms. The third kappa shape index (κ3) is 1.89. The molecule has 0 bridgehead atoms. The van der Waals surface area contributed by atoms with Crippen molar-refractivity contribution < 1.29 is 18.3 Å². The molecule has 1 rings (SSSR count). The van der Waals surface area contributed by atoms with E-state index in [0.717, 1.165) is 0 Å². The predicted octanol–water partition coefficient (Wildman–Crippen LogP) is 1.23. The van der Waals surface area contributed by atoms with Crippen molar-refractivity contribution in [3.8, 4) is 0 Å². The lowest BCUT2D eigenvalue weighted by Crippen LogP contribution is -2.05. The molecular formula is C7H7F3N2O. The fraction of sp³-hybridized carbons (Fsp3) is 0.286. The van der Waals surface area contributed by atoms with E-state index in [2.05, 4.69) is 4.98 Å². The van der Waals surface area contributed by atoms with Crippen LogP contribution in [0.2, 0.25) is 0 Å². The number of hydrogen-bond acceptors (Lipinski definition) is 3. The molecule has 0 aromatic carbocycles. The van der Waals surface area contributed by atoms with E-state index in [9.17, 15) is 13.2 Å². The van der Waals surface area contributed by atoms with Crippen LogP contribution in [-0.4, -0.2) is 10.1 Å². The second-order valence-electron chi connectivity index (χ2n) is 2.35. The van der Waals surface area contributed by atoms with Gasteiger partial charge in [0.25, 0.3) is 6.43 Å². The highest BCUT2D eigenvalue weighted by atomic mass is 19.3. The summed E-state index contributed by atoms with van der Waals surface area (Å²) in [5, 5.41) is 8.60. The van der Waals surface area contributed by atoms with Crippen LogP contribution in [0.3, 0.4) is 0 Å². The van der Waals surface area contributed by atoms with Crippen LogP contribution in [-0.2, 0) is 6.61 Å². The molecule has 0 aliphatic heterocycles. The minimum Gasteiger partial charge on any atom is -0.390 e. The number of aromatic nitrogens is 1. The van der Waals surface area contributed by atoms with Gasteiger partial charge < -0.3 is 10.8 Å². The van der Waals surface area contributed by atoms with Crippen molar-refractivity contribution in [2.45, 2.75) is 13.0 Å². The molecular weight excluding hydrogens is 185 g/mol. The van der Waals surface area contributed by atoms with E-state index < -0.39 is 30.1 Å². The molecule has 0 aliphatic rings. The zero-order chi connectivity index (χ0) is 10.0. The molecule has 0 aliphatic carbocycles.